The molecule has 1 atom stereocenters. The Morgan fingerprint density at radius 2 is 1.94 bits per heavy atom. The summed E-state index contributed by atoms with van der Waals surface area (Å²) in [6, 6.07) is 5.93. The molecule has 0 aromatic heterocycles. The van der Waals surface area contributed by atoms with E-state index in [4.69, 9.17) is 0 Å². The van der Waals surface area contributed by atoms with E-state index in [1.807, 2.05) is 18.2 Å². The summed E-state index contributed by atoms with van der Waals surface area (Å²) < 4.78 is 1.99. The lowest BCUT2D eigenvalue weighted by Gasteiger charge is -2.16. The van der Waals surface area contributed by atoms with Gasteiger partial charge in [0, 0.05) is 8.95 Å². The van der Waals surface area contributed by atoms with Crippen LogP contribution in [0, 0.1) is 0 Å². The topological polar surface area (TPSA) is 20.2 Å². The second kappa shape index (κ2) is 6.17. The molecule has 0 saturated heterocycles. The molecule has 1 nitrogen and oxygen atoms in total. The zero-order valence-electron chi connectivity index (χ0n) is 9.63. The minimum Gasteiger partial charge on any atom is -0.384 e. The Labute approximate surface area is 119 Å². The Balaban J connectivity index is 2.23. The first-order valence-corrected chi connectivity index (χ1v) is 7.59. The van der Waals surface area contributed by atoms with Gasteiger partial charge in [0.15, 0.2) is 0 Å². The number of rotatable bonds is 2. The van der Waals surface area contributed by atoms with Crippen LogP contribution < -0.4 is 0 Å². The second-order valence-electron chi connectivity index (χ2n) is 4.45. The molecule has 1 aliphatic carbocycles. The van der Waals surface area contributed by atoms with Crippen LogP contribution in [0.25, 0.3) is 0 Å². The summed E-state index contributed by atoms with van der Waals surface area (Å²) in [4.78, 5) is 0. The first-order valence-electron chi connectivity index (χ1n) is 6.00. The monoisotopic (exact) mass is 358 g/mol. The Morgan fingerprint density at radius 3 is 2.71 bits per heavy atom. The van der Waals surface area contributed by atoms with E-state index in [1.165, 1.54) is 24.8 Å². The molecule has 0 aliphatic heterocycles. The van der Waals surface area contributed by atoms with Gasteiger partial charge in [-0.05, 0) is 49.0 Å². The van der Waals surface area contributed by atoms with Crippen LogP contribution in [-0.4, -0.2) is 5.11 Å². The van der Waals surface area contributed by atoms with Crippen LogP contribution in [0.5, 0.6) is 0 Å². The van der Waals surface area contributed by atoms with Gasteiger partial charge in [0.05, 0.1) is 0 Å². The Kier molecular flexibility index (Phi) is 4.83. The highest BCUT2D eigenvalue weighted by Crippen LogP contribution is 2.34. The molecule has 0 heterocycles. The van der Waals surface area contributed by atoms with E-state index in [2.05, 4.69) is 37.9 Å². The molecule has 92 valence electrons. The van der Waals surface area contributed by atoms with Crippen molar-refractivity contribution >= 4 is 31.9 Å². The lowest BCUT2D eigenvalue weighted by molar-refractivity contribution is 0.210. The fourth-order valence-corrected chi connectivity index (χ4v) is 3.48. The van der Waals surface area contributed by atoms with Crippen molar-refractivity contribution in [2.45, 2.75) is 38.2 Å². The van der Waals surface area contributed by atoms with Crippen molar-refractivity contribution in [2.75, 3.05) is 0 Å². The van der Waals surface area contributed by atoms with Crippen molar-refractivity contribution in [1.29, 1.82) is 0 Å². The van der Waals surface area contributed by atoms with E-state index in [9.17, 15) is 5.11 Å². The van der Waals surface area contributed by atoms with E-state index in [1.54, 1.807) is 0 Å². The summed E-state index contributed by atoms with van der Waals surface area (Å²) in [5.41, 5.74) is 2.13. The third-order valence-corrected chi connectivity index (χ3v) is 4.36. The first-order chi connectivity index (χ1) is 8.18. The minimum atomic E-state index is -0.462. The number of aliphatic hydroxyl groups is 1. The van der Waals surface area contributed by atoms with Crippen LogP contribution in [0.1, 0.15) is 43.8 Å². The molecular formula is C14H16Br2O. The highest BCUT2D eigenvalue weighted by molar-refractivity contribution is 9.11. The van der Waals surface area contributed by atoms with E-state index in [-0.39, 0.29) is 0 Å². The number of benzene rings is 1. The highest BCUT2D eigenvalue weighted by atomic mass is 79.9. The standard InChI is InChI=1S/C14H16Br2O/c15-11-7-8-12(13(16)9-11)14(17)10-5-3-1-2-4-6-10/h5,7-9,14,17H,1-4,6H2. The molecule has 1 aromatic carbocycles. The molecule has 3 heteroatoms. The van der Waals surface area contributed by atoms with Gasteiger partial charge < -0.3 is 5.11 Å². The van der Waals surface area contributed by atoms with Crippen molar-refractivity contribution in [3.8, 4) is 0 Å². The summed E-state index contributed by atoms with van der Waals surface area (Å²) in [6.07, 6.45) is 7.58. The molecule has 0 bridgehead atoms. The van der Waals surface area contributed by atoms with Crippen molar-refractivity contribution in [3.05, 3.63) is 44.4 Å². The third-order valence-electron chi connectivity index (χ3n) is 3.18. The minimum absolute atomic E-state index is 0.462. The highest BCUT2D eigenvalue weighted by Gasteiger charge is 2.17. The number of hydrogen-bond donors (Lipinski definition) is 1. The molecule has 0 amide bonds. The molecule has 0 spiro atoms. The van der Waals surface area contributed by atoms with Gasteiger partial charge in [-0.25, -0.2) is 0 Å². The van der Waals surface area contributed by atoms with E-state index in [0.29, 0.717) is 0 Å². The molecule has 1 N–H and O–H groups in total. The van der Waals surface area contributed by atoms with Crippen LogP contribution in [0.4, 0.5) is 0 Å². The molecule has 1 aromatic rings. The summed E-state index contributed by atoms with van der Waals surface area (Å²) in [5.74, 6) is 0. The van der Waals surface area contributed by atoms with Gasteiger partial charge in [0.2, 0.25) is 0 Å². The fourth-order valence-electron chi connectivity index (χ4n) is 2.21. The lowest BCUT2D eigenvalue weighted by atomic mass is 9.98. The average molecular weight is 360 g/mol. The fraction of sp³-hybridized carbons (Fsp3) is 0.429. The smallest absolute Gasteiger partial charge is 0.101 e. The van der Waals surface area contributed by atoms with Gasteiger partial charge in [-0.2, -0.15) is 0 Å². The zero-order valence-corrected chi connectivity index (χ0v) is 12.8. The molecule has 2 rings (SSSR count). The van der Waals surface area contributed by atoms with E-state index >= 15 is 0 Å². The number of aliphatic hydroxyl groups excluding tert-OH is 1. The van der Waals surface area contributed by atoms with Gasteiger partial charge in [-0.15, -0.1) is 0 Å². The SMILES string of the molecule is OC(C1=CCCCCC1)c1ccc(Br)cc1Br. The second-order valence-corrected chi connectivity index (χ2v) is 6.22. The Hall–Kier alpha value is -0.120. The normalized spacial score (nSPS) is 18.4. The Bertz CT molecular complexity index is 426. The van der Waals surface area contributed by atoms with Crippen molar-refractivity contribution in [3.63, 3.8) is 0 Å². The molecule has 0 radical (unpaired) electrons. The maximum Gasteiger partial charge on any atom is 0.101 e. The molecule has 1 aliphatic rings. The van der Waals surface area contributed by atoms with Gasteiger partial charge >= 0.3 is 0 Å². The largest absolute Gasteiger partial charge is 0.384 e. The van der Waals surface area contributed by atoms with Crippen LogP contribution in [0.3, 0.4) is 0 Å². The van der Waals surface area contributed by atoms with Crippen LogP contribution in [0.2, 0.25) is 0 Å². The third kappa shape index (κ3) is 3.43. The molecule has 0 fully saturated rings. The van der Waals surface area contributed by atoms with E-state index < -0.39 is 6.10 Å². The summed E-state index contributed by atoms with van der Waals surface area (Å²) in [5, 5.41) is 10.4. The van der Waals surface area contributed by atoms with Gasteiger partial charge in [0.1, 0.15) is 6.10 Å². The maximum absolute atomic E-state index is 10.4. The first kappa shape index (κ1) is 13.3. The van der Waals surface area contributed by atoms with Crippen LogP contribution >= 0.6 is 31.9 Å². The molecule has 0 saturated carbocycles. The van der Waals surface area contributed by atoms with Gasteiger partial charge in [-0.1, -0.05) is 50.4 Å². The maximum atomic E-state index is 10.4. The van der Waals surface area contributed by atoms with E-state index in [0.717, 1.165) is 27.4 Å². The summed E-state index contributed by atoms with van der Waals surface area (Å²) in [7, 11) is 0. The average Bonchev–Trinajstić information content (AvgIpc) is 2.56. The predicted octanol–water partition coefficient (Wildman–Crippen LogP) is 5.14. The molecule has 1 unspecified atom stereocenters. The number of hydrogen-bond acceptors (Lipinski definition) is 1. The van der Waals surface area contributed by atoms with Crippen molar-refractivity contribution < 1.29 is 5.11 Å². The molecule has 17 heavy (non-hydrogen) atoms. The lowest BCUT2D eigenvalue weighted by Crippen LogP contribution is -2.02. The van der Waals surface area contributed by atoms with Crippen molar-refractivity contribution in [1.82, 2.24) is 0 Å². The number of halogens is 2. The summed E-state index contributed by atoms with van der Waals surface area (Å²) >= 11 is 6.94. The van der Waals surface area contributed by atoms with Crippen LogP contribution in [0.15, 0.2) is 38.8 Å². The number of allylic oxidation sites excluding steroid dienone is 1. The van der Waals surface area contributed by atoms with Crippen molar-refractivity contribution in [2.24, 2.45) is 0 Å². The quantitative estimate of drug-likeness (QED) is 0.725. The predicted molar refractivity (Wildman–Crippen MR) is 78.0 cm³/mol. The van der Waals surface area contributed by atoms with Gasteiger partial charge in [0.25, 0.3) is 0 Å². The molecular weight excluding hydrogens is 344 g/mol. The summed E-state index contributed by atoms with van der Waals surface area (Å²) in [6.45, 7) is 0. The van der Waals surface area contributed by atoms with Crippen LogP contribution in [-0.2, 0) is 0 Å². The Morgan fingerprint density at radius 1 is 1.12 bits per heavy atom. The van der Waals surface area contributed by atoms with Gasteiger partial charge in [-0.3, -0.25) is 0 Å². The zero-order chi connectivity index (χ0) is 12.3.